The summed E-state index contributed by atoms with van der Waals surface area (Å²) in [5.74, 6) is 0. The van der Waals surface area contributed by atoms with Gasteiger partial charge in [-0.05, 0) is 17.0 Å². The van der Waals surface area contributed by atoms with E-state index in [-0.39, 0.29) is 0 Å². The highest BCUT2D eigenvalue weighted by Crippen LogP contribution is 2.13. The molecule has 0 radical (unpaired) electrons. The first kappa shape index (κ1) is 12.0. The van der Waals surface area contributed by atoms with Crippen LogP contribution >= 0.6 is 11.3 Å². The molecule has 3 aromatic rings. The third kappa shape index (κ3) is 3.23. The molecule has 3 rings (SSSR count). The Labute approximate surface area is 116 Å². The first-order chi connectivity index (χ1) is 9.40. The van der Waals surface area contributed by atoms with Crippen LogP contribution in [-0.2, 0) is 13.1 Å². The number of rotatable bonds is 5. The van der Waals surface area contributed by atoms with E-state index in [9.17, 15) is 0 Å². The number of aromatic nitrogens is 2. The first-order valence-electron chi connectivity index (χ1n) is 6.21. The summed E-state index contributed by atoms with van der Waals surface area (Å²) in [5.41, 5.74) is 3.63. The van der Waals surface area contributed by atoms with Crippen molar-refractivity contribution in [1.29, 1.82) is 0 Å². The smallest absolute Gasteiger partial charge is 0.0659 e. The highest BCUT2D eigenvalue weighted by atomic mass is 32.1. The predicted molar refractivity (Wildman–Crippen MR) is 79.4 cm³/mol. The highest BCUT2D eigenvalue weighted by Gasteiger charge is 2.00. The summed E-state index contributed by atoms with van der Waals surface area (Å²) in [7, 11) is 0. The summed E-state index contributed by atoms with van der Waals surface area (Å²) in [5, 5.41) is 11.9. The number of anilines is 1. The van der Waals surface area contributed by atoms with Crippen molar-refractivity contribution in [2.24, 2.45) is 0 Å². The van der Waals surface area contributed by atoms with Crippen molar-refractivity contribution < 1.29 is 0 Å². The number of nitrogens with one attached hydrogen (secondary N) is 1. The molecule has 0 saturated carbocycles. The molecule has 3 nitrogen and oxygen atoms in total. The standard InChI is InChI=1S/C15H15N3S/c1-2-4-13(5-3-1)10-18-11-14(9-17-18)8-16-15-6-7-19-12-15/h1-7,9,11-12,16H,8,10H2. The molecule has 0 aliphatic rings. The fourth-order valence-electron chi connectivity index (χ4n) is 1.92. The van der Waals surface area contributed by atoms with Gasteiger partial charge in [0.25, 0.3) is 0 Å². The molecular formula is C15H15N3S. The Morgan fingerprint density at radius 1 is 1.11 bits per heavy atom. The van der Waals surface area contributed by atoms with Crippen LogP contribution in [0.2, 0.25) is 0 Å². The lowest BCUT2D eigenvalue weighted by Crippen LogP contribution is -2.00. The maximum Gasteiger partial charge on any atom is 0.0659 e. The molecule has 0 aliphatic heterocycles. The highest BCUT2D eigenvalue weighted by molar-refractivity contribution is 7.08. The minimum absolute atomic E-state index is 0.811. The van der Waals surface area contributed by atoms with Crippen LogP contribution in [0.15, 0.2) is 59.6 Å². The number of hydrogen-bond acceptors (Lipinski definition) is 3. The Hall–Kier alpha value is -2.07. The zero-order valence-corrected chi connectivity index (χ0v) is 11.3. The Morgan fingerprint density at radius 3 is 2.79 bits per heavy atom. The minimum atomic E-state index is 0.811. The van der Waals surface area contributed by atoms with Crippen LogP contribution in [-0.4, -0.2) is 9.78 Å². The average Bonchev–Trinajstić information content (AvgIpc) is 3.09. The second-order valence-corrected chi connectivity index (χ2v) is 5.18. The van der Waals surface area contributed by atoms with Crippen LogP contribution < -0.4 is 5.32 Å². The van der Waals surface area contributed by atoms with Gasteiger partial charge < -0.3 is 5.32 Å². The van der Waals surface area contributed by atoms with Crippen molar-refractivity contribution in [2.75, 3.05) is 5.32 Å². The van der Waals surface area contributed by atoms with E-state index in [1.807, 2.05) is 16.9 Å². The molecule has 2 aromatic heterocycles. The van der Waals surface area contributed by atoms with E-state index in [4.69, 9.17) is 0 Å². The molecule has 0 saturated heterocycles. The van der Waals surface area contributed by atoms with Crippen LogP contribution in [0.25, 0.3) is 0 Å². The van der Waals surface area contributed by atoms with Gasteiger partial charge in [-0.2, -0.15) is 16.4 Å². The number of thiophene rings is 1. The SMILES string of the molecule is c1ccc(Cn2cc(CNc3ccsc3)cn2)cc1. The van der Waals surface area contributed by atoms with Crippen molar-refractivity contribution in [2.45, 2.75) is 13.1 Å². The van der Waals surface area contributed by atoms with E-state index in [2.05, 4.69) is 57.7 Å². The van der Waals surface area contributed by atoms with Crippen LogP contribution in [0.5, 0.6) is 0 Å². The van der Waals surface area contributed by atoms with Gasteiger partial charge in [0.2, 0.25) is 0 Å². The van der Waals surface area contributed by atoms with Gasteiger partial charge in [-0.1, -0.05) is 30.3 Å². The van der Waals surface area contributed by atoms with Gasteiger partial charge in [-0.25, -0.2) is 0 Å². The van der Waals surface area contributed by atoms with E-state index < -0.39 is 0 Å². The lowest BCUT2D eigenvalue weighted by molar-refractivity contribution is 0.686. The molecule has 0 bridgehead atoms. The fourth-order valence-corrected chi connectivity index (χ4v) is 2.54. The van der Waals surface area contributed by atoms with E-state index in [0.717, 1.165) is 13.1 Å². The van der Waals surface area contributed by atoms with Crippen molar-refractivity contribution >= 4 is 17.0 Å². The summed E-state index contributed by atoms with van der Waals surface area (Å²) in [6, 6.07) is 12.5. The summed E-state index contributed by atoms with van der Waals surface area (Å²) in [6.45, 7) is 1.63. The van der Waals surface area contributed by atoms with Crippen LogP contribution in [0.1, 0.15) is 11.1 Å². The van der Waals surface area contributed by atoms with Gasteiger partial charge in [0.15, 0.2) is 0 Å². The second kappa shape index (κ2) is 5.71. The molecule has 2 heterocycles. The van der Waals surface area contributed by atoms with Crippen LogP contribution in [0.3, 0.4) is 0 Å². The predicted octanol–water partition coefficient (Wildman–Crippen LogP) is 3.61. The topological polar surface area (TPSA) is 29.9 Å². The third-order valence-corrected chi connectivity index (χ3v) is 3.58. The molecule has 4 heteroatoms. The monoisotopic (exact) mass is 269 g/mol. The number of nitrogens with zero attached hydrogens (tertiary/aromatic N) is 2. The largest absolute Gasteiger partial charge is 0.380 e. The molecule has 0 fully saturated rings. The maximum absolute atomic E-state index is 4.39. The summed E-state index contributed by atoms with van der Waals surface area (Å²) in [6.07, 6.45) is 4.01. The molecule has 0 atom stereocenters. The third-order valence-electron chi connectivity index (χ3n) is 2.89. The van der Waals surface area contributed by atoms with Gasteiger partial charge in [0.1, 0.15) is 0 Å². The fraction of sp³-hybridized carbons (Fsp3) is 0.133. The molecule has 0 spiro atoms. The van der Waals surface area contributed by atoms with Gasteiger partial charge >= 0.3 is 0 Å². The van der Waals surface area contributed by atoms with E-state index in [1.165, 1.54) is 16.8 Å². The zero-order valence-electron chi connectivity index (χ0n) is 10.5. The normalized spacial score (nSPS) is 10.5. The molecule has 1 N–H and O–H groups in total. The summed E-state index contributed by atoms with van der Waals surface area (Å²) < 4.78 is 1.97. The Balaban J connectivity index is 1.60. The van der Waals surface area contributed by atoms with Crippen LogP contribution in [0, 0.1) is 0 Å². The average molecular weight is 269 g/mol. The molecule has 19 heavy (non-hydrogen) atoms. The van der Waals surface area contributed by atoms with Gasteiger partial charge in [-0.3, -0.25) is 4.68 Å². The van der Waals surface area contributed by atoms with E-state index in [1.54, 1.807) is 11.3 Å². The number of benzene rings is 1. The van der Waals surface area contributed by atoms with Gasteiger partial charge in [0.05, 0.1) is 12.7 Å². The quantitative estimate of drug-likeness (QED) is 0.767. The van der Waals surface area contributed by atoms with E-state index in [0.29, 0.717) is 0 Å². The van der Waals surface area contributed by atoms with Crippen molar-refractivity contribution in [3.63, 3.8) is 0 Å². The van der Waals surface area contributed by atoms with Crippen molar-refractivity contribution in [3.05, 3.63) is 70.7 Å². The molecule has 1 aromatic carbocycles. The molecule has 0 aliphatic carbocycles. The summed E-state index contributed by atoms with van der Waals surface area (Å²) in [4.78, 5) is 0. The molecule has 96 valence electrons. The molecular weight excluding hydrogens is 254 g/mol. The van der Waals surface area contributed by atoms with Gasteiger partial charge in [-0.15, -0.1) is 0 Å². The van der Waals surface area contributed by atoms with Crippen molar-refractivity contribution in [1.82, 2.24) is 9.78 Å². The van der Waals surface area contributed by atoms with E-state index >= 15 is 0 Å². The Kier molecular flexibility index (Phi) is 3.61. The molecule has 0 amide bonds. The zero-order chi connectivity index (χ0) is 12.9. The lowest BCUT2D eigenvalue weighted by Gasteiger charge is -2.02. The van der Waals surface area contributed by atoms with Crippen molar-refractivity contribution in [3.8, 4) is 0 Å². The maximum atomic E-state index is 4.39. The Bertz CT molecular complexity index is 614. The lowest BCUT2D eigenvalue weighted by atomic mass is 10.2. The Morgan fingerprint density at radius 2 is 2.00 bits per heavy atom. The summed E-state index contributed by atoms with van der Waals surface area (Å²) >= 11 is 1.70. The first-order valence-corrected chi connectivity index (χ1v) is 7.16. The second-order valence-electron chi connectivity index (χ2n) is 4.40. The number of hydrogen-bond donors (Lipinski definition) is 1. The van der Waals surface area contributed by atoms with Crippen LogP contribution in [0.4, 0.5) is 5.69 Å². The molecule has 0 unspecified atom stereocenters. The van der Waals surface area contributed by atoms with Gasteiger partial charge in [0, 0.05) is 29.4 Å². The minimum Gasteiger partial charge on any atom is -0.380 e.